The van der Waals surface area contributed by atoms with Gasteiger partial charge in [-0.3, -0.25) is 0 Å². The summed E-state index contributed by atoms with van der Waals surface area (Å²) < 4.78 is 28.5. The van der Waals surface area contributed by atoms with Crippen molar-refractivity contribution < 1.29 is 8.42 Å². The molecule has 0 aromatic rings. The van der Waals surface area contributed by atoms with Gasteiger partial charge in [0.1, 0.15) is 0 Å². The lowest BCUT2D eigenvalue weighted by Crippen LogP contribution is -2.46. The van der Waals surface area contributed by atoms with E-state index < -0.39 is 10.2 Å². The molecule has 6 heteroatoms. The van der Waals surface area contributed by atoms with E-state index in [1.807, 2.05) is 0 Å². The maximum atomic E-state index is 12.1. The summed E-state index contributed by atoms with van der Waals surface area (Å²) in [6.45, 7) is 5.06. The van der Waals surface area contributed by atoms with Gasteiger partial charge in [0.2, 0.25) is 0 Å². The number of rotatable bonds is 5. The van der Waals surface area contributed by atoms with Crippen LogP contribution in [0.2, 0.25) is 0 Å². The van der Waals surface area contributed by atoms with E-state index in [1.54, 1.807) is 4.31 Å². The van der Waals surface area contributed by atoms with Gasteiger partial charge in [0.05, 0.1) is 0 Å². The van der Waals surface area contributed by atoms with Crippen molar-refractivity contribution in [1.29, 1.82) is 0 Å². The fourth-order valence-electron chi connectivity index (χ4n) is 2.82. The summed E-state index contributed by atoms with van der Waals surface area (Å²) in [5.74, 6) is 0.479. The Morgan fingerprint density at radius 3 is 2.83 bits per heavy atom. The first-order chi connectivity index (χ1) is 8.58. The average Bonchev–Trinajstić information content (AvgIpc) is 2.82. The highest BCUT2D eigenvalue weighted by Crippen LogP contribution is 2.17. The Morgan fingerprint density at radius 1 is 1.33 bits per heavy atom. The zero-order chi connectivity index (χ0) is 13.0. The minimum atomic E-state index is -3.25. The molecule has 0 saturated carbocycles. The summed E-state index contributed by atoms with van der Waals surface area (Å²) in [7, 11) is -3.25. The Bertz CT molecular complexity index is 352. The molecule has 0 amide bonds. The van der Waals surface area contributed by atoms with Crippen molar-refractivity contribution in [2.24, 2.45) is 5.92 Å². The molecule has 2 aliphatic heterocycles. The second-order valence-corrected chi connectivity index (χ2v) is 7.34. The lowest BCUT2D eigenvalue weighted by atomic mass is 10.0. The van der Waals surface area contributed by atoms with Crippen LogP contribution in [0.15, 0.2) is 0 Å². The molecule has 2 aliphatic rings. The highest BCUT2D eigenvalue weighted by atomic mass is 32.2. The molecule has 2 saturated heterocycles. The number of nitrogens with zero attached hydrogens (tertiary/aromatic N) is 1. The van der Waals surface area contributed by atoms with Crippen LogP contribution in [0.4, 0.5) is 0 Å². The third kappa shape index (κ3) is 3.91. The van der Waals surface area contributed by atoms with Gasteiger partial charge in [-0.15, -0.1) is 0 Å². The minimum absolute atomic E-state index is 0.479. The van der Waals surface area contributed by atoms with Crippen molar-refractivity contribution in [2.75, 3.05) is 26.2 Å². The van der Waals surface area contributed by atoms with Crippen LogP contribution in [0.3, 0.4) is 0 Å². The zero-order valence-electron chi connectivity index (χ0n) is 11.2. The number of nitrogens with one attached hydrogen (secondary N) is 2. The van der Waals surface area contributed by atoms with Crippen molar-refractivity contribution >= 4 is 10.2 Å². The first-order valence-electron chi connectivity index (χ1n) is 7.06. The smallest absolute Gasteiger partial charge is 0.279 e. The molecular formula is C12H25N3O2S. The Kier molecular flexibility index (Phi) is 5.00. The molecule has 2 unspecified atom stereocenters. The van der Waals surface area contributed by atoms with Gasteiger partial charge < -0.3 is 5.32 Å². The van der Waals surface area contributed by atoms with E-state index >= 15 is 0 Å². The van der Waals surface area contributed by atoms with Crippen LogP contribution in [0.1, 0.15) is 39.0 Å². The Labute approximate surface area is 110 Å². The highest BCUT2D eigenvalue weighted by molar-refractivity contribution is 7.87. The summed E-state index contributed by atoms with van der Waals surface area (Å²) >= 11 is 0. The van der Waals surface area contributed by atoms with Crippen LogP contribution in [0.25, 0.3) is 0 Å². The maximum absolute atomic E-state index is 12.1. The molecule has 2 N–H and O–H groups in total. The van der Waals surface area contributed by atoms with E-state index in [0.29, 0.717) is 31.6 Å². The van der Waals surface area contributed by atoms with Crippen molar-refractivity contribution in [3.8, 4) is 0 Å². The van der Waals surface area contributed by atoms with Crippen LogP contribution < -0.4 is 10.0 Å². The molecule has 0 aromatic carbocycles. The van der Waals surface area contributed by atoms with Gasteiger partial charge in [-0.25, -0.2) is 4.72 Å². The first kappa shape index (κ1) is 14.2. The quantitative estimate of drug-likeness (QED) is 0.776. The minimum Gasteiger partial charge on any atom is -0.314 e. The van der Waals surface area contributed by atoms with Crippen molar-refractivity contribution in [3.05, 3.63) is 0 Å². The molecular weight excluding hydrogens is 250 g/mol. The van der Waals surface area contributed by atoms with E-state index in [0.717, 1.165) is 25.8 Å². The van der Waals surface area contributed by atoms with Crippen LogP contribution in [0, 0.1) is 5.92 Å². The van der Waals surface area contributed by atoms with E-state index in [1.165, 1.54) is 12.8 Å². The molecule has 0 aliphatic carbocycles. The molecule has 2 atom stereocenters. The lowest BCUT2D eigenvalue weighted by molar-refractivity contribution is 0.278. The van der Waals surface area contributed by atoms with Crippen LogP contribution >= 0.6 is 0 Å². The van der Waals surface area contributed by atoms with Gasteiger partial charge in [-0.2, -0.15) is 12.7 Å². The SMILES string of the molecule is CC1CCCN(S(=O)(=O)NCCC2CCCN2)C1. The topological polar surface area (TPSA) is 61.4 Å². The molecule has 0 aromatic heterocycles. The third-order valence-electron chi connectivity index (χ3n) is 3.90. The highest BCUT2D eigenvalue weighted by Gasteiger charge is 2.26. The summed E-state index contributed by atoms with van der Waals surface area (Å²) in [6.07, 6.45) is 5.39. The van der Waals surface area contributed by atoms with Gasteiger partial charge in [0.25, 0.3) is 10.2 Å². The predicted octanol–water partition coefficient (Wildman–Crippen LogP) is 0.695. The first-order valence-corrected chi connectivity index (χ1v) is 8.50. The maximum Gasteiger partial charge on any atom is 0.279 e. The number of hydrogen-bond acceptors (Lipinski definition) is 3. The standard InChI is InChI=1S/C12H25N3O2S/c1-11-4-3-9-15(10-11)18(16,17)14-8-6-12-5-2-7-13-12/h11-14H,2-10H2,1H3. The summed E-state index contributed by atoms with van der Waals surface area (Å²) in [4.78, 5) is 0. The summed E-state index contributed by atoms with van der Waals surface area (Å²) in [6, 6.07) is 0.493. The molecule has 18 heavy (non-hydrogen) atoms. The Morgan fingerprint density at radius 2 is 2.17 bits per heavy atom. The molecule has 0 radical (unpaired) electrons. The predicted molar refractivity (Wildman–Crippen MR) is 72.5 cm³/mol. The molecule has 0 bridgehead atoms. The van der Waals surface area contributed by atoms with E-state index in [4.69, 9.17) is 0 Å². The average molecular weight is 275 g/mol. The van der Waals surface area contributed by atoms with Crippen molar-refractivity contribution in [1.82, 2.24) is 14.3 Å². The largest absolute Gasteiger partial charge is 0.314 e. The molecule has 2 rings (SSSR count). The fraction of sp³-hybridized carbons (Fsp3) is 1.00. The van der Waals surface area contributed by atoms with Gasteiger partial charge in [0, 0.05) is 25.7 Å². The van der Waals surface area contributed by atoms with Gasteiger partial charge in [0.15, 0.2) is 0 Å². The second-order valence-electron chi connectivity index (χ2n) is 5.59. The fourth-order valence-corrected chi connectivity index (χ4v) is 4.20. The van der Waals surface area contributed by atoms with Crippen molar-refractivity contribution in [3.63, 3.8) is 0 Å². The number of hydrogen-bond donors (Lipinski definition) is 2. The Balaban J connectivity index is 1.75. The van der Waals surface area contributed by atoms with E-state index in [2.05, 4.69) is 17.0 Å². The monoisotopic (exact) mass is 275 g/mol. The van der Waals surface area contributed by atoms with Gasteiger partial charge >= 0.3 is 0 Å². The number of piperidine rings is 1. The molecule has 2 fully saturated rings. The van der Waals surface area contributed by atoms with Crippen LogP contribution in [0.5, 0.6) is 0 Å². The summed E-state index contributed by atoms with van der Waals surface area (Å²) in [5, 5.41) is 3.38. The third-order valence-corrected chi connectivity index (χ3v) is 5.48. The Hall–Kier alpha value is -0.170. The molecule has 5 nitrogen and oxygen atoms in total. The van der Waals surface area contributed by atoms with E-state index in [9.17, 15) is 8.42 Å². The van der Waals surface area contributed by atoms with Crippen LogP contribution in [-0.2, 0) is 10.2 Å². The second kappa shape index (κ2) is 6.32. The van der Waals surface area contributed by atoms with Crippen LogP contribution in [-0.4, -0.2) is 44.9 Å². The van der Waals surface area contributed by atoms with Gasteiger partial charge in [-0.1, -0.05) is 6.92 Å². The molecule has 2 heterocycles. The van der Waals surface area contributed by atoms with Crippen molar-refractivity contribution in [2.45, 2.75) is 45.1 Å². The van der Waals surface area contributed by atoms with E-state index in [-0.39, 0.29) is 0 Å². The molecule has 106 valence electrons. The lowest BCUT2D eigenvalue weighted by Gasteiger charge is -2.30. The van der Waals surface area contributed by atoms with Gasteiger partial charge in [-0.05, 0) is 44.6 Å². The zero-order valence-corrected chi connectivity index (χ0v) is 12.0. The normalized spacial score (nSPS) is 30.7. The molecule has 0 spiro atoms. The summed E-state index contributed by atoms with van der Waals surface area (Å²) in [5.41, 5.74) is 0.